The second-order valence-corrected chi connectivity index (χ2v) is 6.52. The summed E-state index contributed by atoms with van der Waals surface area (Å²) in [6.07, 6.45) is 7.05. The van der Waals surface area contributed by atoms with Crippen LogP contribution in [0.3, 0.4) is 0 Å². The van der Waals surface area contributed by atoms with Gasteiger partial charge in [-0.3, -0.25) is 0 Å². The third-order valence-corrected chi connectivity index (χ3v) is 4.45. The van der Waals surface area contributed by atoms with Crippen molar-refractivity contribution in [3.05, 3.63) is 22.1 Å². The van der Waals surface area contributed by atoms with Crippen molar-refractivity contribution in [1.29, 1.82) is 0 Å². The largest absolute Gasteiger partial charge is 0.375 e. The van der Waals surface area contributed by atoms with Crippen LogP contribution in [0.25, 0.3) is 11.0 Å². The summed E-state index contributed by atoms with van der Waals surface area (Å²) >= 11 is 1.63. The van der Waals surface area contributed by atoms with Gasteiger partial charge in [-0.1, -0.05) is 39.5 Å². The average Bonchev–Trinajstić information content (AvgIpc) is 3.01. The maximum atomic E-state index is 5.78. The summed E-state index contributed by atoms with van der Waals surface area (Å²) in [5, 5.41) is 4.07. The van der Waals surface area contributed by atoms with Gasteiger partial charge in [-0.15, -0.1) is 11.3 Å². The van der Waals surface area contributed by atoms with Crippen molar-refractivity contribution in [1.82, 2.24) is 9.97 Å². The third-order valence-electron chi connectivity index (χ3n) is 3.73. The first-order chi connectivity index (χ1) is 11.3. The van der Waals surface area contributed by atoms with Gasteiger partial charge in [0.2, 0.25) is 0 Å². The molecule has 0 saturated heterocycles. The van der Waals surface area contributed by atoms with Crippen LogP contribution in [0, 0.1) is 0 Å². The zero-order chi connectivity index (χ0) is 16.3. The zero-order valence-electron chi connectivity index (χ0n) is 14.3. The lowest BCUT2D eigenvalue weighted by Crippen LogP contribution is -2.07. The fourth-order valence-corrected chi connectivity index (χ4v) is 3.02. The Kier molecular flexibility index (Phi) is 8.50. The number of hydrogen-bond acceptors (Lipinski definition) is 5. The fraction of sp³-hybridized carbons (Fsp3) is 0.667. The van der Waals surface area contributed by atoms with E-state index >= 15 is 0 Å². The van der Waals surface area contributed by atoms with Crippen LogP contribution in [-0.4, -0.2) is 23.2 Å². The van der Waals surface area contributed by atoms with E-state index in [1.807, 2.05) is 10.8 Å². The number of rotatable bonds is 12. The summed E-state index contributed by atoms with van der Waals surface area (Å²) in [7, 11) is 0. The van der Waals surface area contributed by atoms with Gasteiger partial charge in [-0.25, -0.2) is 9.97 Å². The highest BCUT2D eigenvalue weighted by molar-refractivity contribution is 7.09. The second-order valence-electron chi connectivity index (χ2n) is 5.78. The number of aromatic nitrogens is 2. The fourth-order valence-electron chi connectivity index (χ4n) is 2.35. The number of nitrogens with zero attached hydrogens (tertiary/aromatic N) is 2. The van der Waals surface area contributed by atoms with E-state index in [9.17, 15) is 0 Å². The minimum absolute atomic E-state index is 0.524. The lowest BCUT2D eigenvalue weighted by Gasteiger charge is -2.10. The van der Waals surface area contributed by atoms with E-state index in [1.165, 1.54) is 25.7 Å². The summed E-state index contributed by atoms with van der Waals surface area (Å²) in [5.74, 6) is 0. The standard InChI is InChI=1S/C18H28N2O2S/c1-3-5-7-9-21-11-15-16(12-22-10-8-6-4-2)20-18-14-23-13-17(18)19-15/h13-14H,3-12H2,1-2H3. The summed E-state index contributed by atoms with van der Waals surface area (Å²) < 4.78 is 11.6. The lowest BCUT2D eigenvalue weighted by molar-refractivity contribution is 0.0996. The predicted molar refractivity (Wildman–Crippen MR) is 95.8 cm³/mol. The van der Waals surface area contributed by atoms with Gasteiger partial charge in [0.05, 0.1) is 35.6 Å². The number of fused-ring (bicyclic) bond motifs is 1. The van der Waals surface area contributed by atoms with E-state index in [0.29, 0.717) is 13.2 Å². The first-order valence-corrected chi connectivity index (χ1v) is 9.66. The Hall–Kier alpha value is -1.04. The van der Waals surface area contributed by atoms with Gasteiger partial charge < -0.3 is 9.47 Å². The maximum Gasteiger partial charge on any atom is 0.0998 e. The number of ether oxygens (including phenoxy) is 2. The quantitative estimate of drug-likeness (QED) is 0.506. The molecule has 23 heavy (non-hydrogen) atoms. The highest BCUT2D eigenvalue weighted by Gasteiger charge is 2.10. The van der Waals surface area contributed by atoms with E-state index in [4.69, 9.17) is 19.4 Å². The molecule has 2 rings (SSSR count). The topological polar surface area (TPSA) is 44.2 Å². The highest BCUT2D eigenvalue weighted by atomic mass is 32.1. The molecule has 0 bridgehead atoms. The van der Waals surface area contributed by atoms with Crippen LogP contribution in [0.5, 0.6) is 0 Å². The monoisotopic (exact) mass is 336 g/mol. The SMILES string of the molecule is CCCCCOCc1nc2cscc2nc1COCCCCC. The van der Waals surface area contributed by atoms with Crippen LogP contribution >= 0.6 is 11.3 Å². The maximum absolute atomic E-state index is 5.78. The van der Waals surface area contributed by atoms with Crippen LogP contribution < -0.4 is 0 Å². The van der Waals surface area contributed by atoms with Crippen LogP contribution in [0.4, 0.5) is 0 Å². The van der Waals surface area contributed by atoms with E-state index in [0.717, 1.165) is 48.5 Å². The molecule has 0 unspecified atom stereocenters. The highest BCUT2D eigenvalue weighted by Crippen LogP contribution is 2.18. The molecule has 0 aliphatic carbocycles. The molecule has 5 heteroatoms. The molecular formula is C18H28N2O2S. The number of thiophene rings is 1. The third kappa shape index (κ3) is 6.16. The van der Waals surface area contributed by atoms with Crippen molar-refractivity contribution in [2.24, 2.45) is 0 Å². The first kappa shape index (κ1) is 18.3. The molecule has 0 amide bonds. The number of hydrogen-bond donors (Lipinski definition) is 0. The number of unbranched alkanes of at least 4 members (excludes halogenated alkanes) is 4. The van der Waals surface area contributed by atoms with Crippen molar-refractivity contribution in [2.75, 3.05) is 13.2 Å². The molecule has 128 valence electrons. The van der Waals surface area contributed by atoms with Gasteiger partial charge in [-0.05, 0) is 12.8 Å². The smallest absolute Gasteiger partial charge is 0.0998 e. The molecule has 2 aromatic rings. The molecule has 0 aromatic carbocycles. The normalized spacial score (nSPS) is 11.4. The molecule has 0 radical (unpaired) electrons. The summed E-state index contributed by atoms with van der Waals surface area (Å²) in [6.45, 7) is 7.02. The van der Waals surface area contributed by atoms with Crippen molar-refractivity contribution < 1.29 is 9.47 Å². The van der Waals surface area contributed by atoms with Gasteiger partial charge >= 0.3 is 0 Å². The Morgan fingerprint density at radius 2 is 1.26 bits per heavy atom. The molecule has 2 aromatic heterocycles. The van der Waals surface area contributed by atoms with Gasteiger partial charge in [0.1, 0.15) is 0 Å². The molecule has 4 nitrogen and oxygen atoms in total. The van der Waals surface area contributed by atoms with Crippen LogP contribution in [0.15, 0.2) is 10.8 Å². The molecule has 0 aliphatic rings. The summed E-state index contributed by atoms with van der Waals surface area (Å²) in [4.78, 5) is 9.42. The molecule has 2 heterocycles. The first-order valence-electron chi connectivity index (χ1n) is 8.72. The van der Waals surface area contributed by atoms with E-state index in [1.54, 1.807) is 11.3 Å². The van der Waals surface area contributed by atoms with Crippen molar-refractivity contribution >= 4 is 22.4 Å². The molecular weight excluding hydrogens is 308 g/mol. The van der Waals surface area contributed by atoms with Crippen molar-refractivity contribution in [3.63, 3.8) is 0 Å². The molecule has 0 saturated carbocycles. The Labute approximate surface area is 143 Å². The minimum Gasteiger partial charge on any atom is -0.375 e. The van der Waals surface area contributed by atoms with E-state index in [2.05, 4.69) is 13.8 Å². The van der Waals surface area contributed by atoms with E-state index in [-0.39, 0.29) is 0 Å². The summed E-state index contributed by atoms with van der Waals surface area (Å²) in [6, 6.07) is 0. The minimum atomic E-state index is 0.524. The van der Waals surface area contributed by atoms with Crippen LogP contribution in [0.2, 0.25) is 0 Å². The lowest BCUT2D eigenvalue weighted by atomic mass is 10.2. The summed E-state index contributed by atoms with van der Waals surface area (Å²) in [5.41, 5.74) is 3.75. The van der Waals surface area contributed by atoms with Gasteiger partial charge in [0, 0.05) is 24.0 Å². The zero-order valence-corrected chi connectivity index (χ0v) is 15.2. The second kappa shape index (κ2) is 10.7. The predicted octanol–water partition coefficient (Wildman–Crippen LogP) is 5.10. The van der Waals surface area contributed by atoms with Crippen molar-refractivity contribution in [2.45, 2.75) is 65.6 Å². The average molecular weight is 337 g/mol. The van der Waals surface area contributed by atoms with Gasteiger partial charge in [-0.2, -0.15) is 0 Å². The molecule has 0 atom stereocenters. The van der Waals surface area contributed by atoms with Gasteiger partial charge in [0.25, 0.3) is 0 Å². The van der Waals surface area contributed by atoms with Crippen molar-refractivity contribution in [3.8, 4) is 0 Å². The Balaban J connectivity index is 1.93. The van der Waals surface area contributed by atoms with Crippen LogP contribution in [0.1, 0.15) is 63.8 Å². The van der Waals surface area contributed by atoms with Crippen LogP contribution in [-0.2, 0) is 22.7 Å². The van der Waals surface area contributed by atoms with Gasteiger partial charge in [0.15, 0.2) is 0 Å². The molecule has 0 N–H and O–H groups in total. The molecule has 0 fully saturated rings. The Morgan fingerprint density at radius 1 is 0.783 bits per heavy atom. The Bertz CT molecular complexity index is 523. The molecule has 0 aliphatic heterocycles. The Morgan fingerprint density at radius 3 is 1.70 bits per heavy atom. The molecule has 0 spiro atoms. The van der Waals surface area contributed by atoms with E-state index < -0.39 is 0 Å².